The average Bonchev–Trinajstić information content (AvgIpc) is 2.43. The molecule has 1 N–H and O–H groups in total. The second kappa shape index (κ2) is 7.93. The van der Waals surface area contributed by atoms with Gasteiger partial charge in [-0.2, -0.15) is 0 Å². The molecule has 0 unspecified atom stereocenters. The average molecular weight is 263 g/mol. The Morgan fingerprint density at radius 1 is 1.24 bits per heavy atom. The first-order chi connectivity index (χ1) is 7.49. The fourth-order valence-corrected chi connectivity index (χ4v) is 2.02. The van der Waals surface area contributed by atoms with E-state index in [2.05, 4.69) is 26.1 Å². The molecule has 0 aromatic rings. The van der Waals surface area contributed by atoms with Gasteiger partial charge in [0.25, 0.3) is 0 Å². The maximum atomic E-state index is 11.9. The molecule has 1 amide bonds. The van der Waals surface area contributed by atoms with Gasteiger partial charge < -0.3 is 10.2 Å². The quantitative estimate of drug-likeness (QED) is 0.847. The Bertz CT molecular complexity index is 218. The predicted octanol–water partition coefficient (Wildman–Crippen LogP) is 2.45. The fraction of sp³-hybridized carbons (Fsp3) is 0.923. The third-order valence-electron chi connectivity index (χ3n) is 3.01. The van der Waals surface area contributed by atoms with E-state index < -0.39 is 0 Å². The summed E-state index contributed by atoms with van der Waals surface area (Å²) in [5.74, 6) is 0.341. The molecular formula is C13H27ClN2O. The lowest BCUT2D eigenvalue weighted by molar-refractivity contribution is -0.131. The van der Waals surface area contributed by atoms with Crippen molar-refractivity contribution >= 4 is 18.3 Å². The molecule has 0 aromatic heterocycles. The molecule has 0 aromatic carbocycles. The smallest absolute Gasteiger partial charge is 0.222 e. The molecule has 0 radical (unpaired) electrons. The molecule has 4 heteroatoms. The summed E-state index contributed by atoms with van der Waals surface area (Å²) in [6, 6.07) is 0. The van der Waals surface area contributed by atoms with Crippen LogP contribution >= 0.6 is 12.4 Å². The van der Waals surface area contributed by atoms with Crippen molar-refractivity contribution in [1.82, 2.24) is 10.2 Å². The van der Waals surface area contributed by atoms with Gasteiger partial charge in [-0.3, -0.25) is 4.79 Å². The number of carbonyl (C=O) groups is 1. The minimum Gasteiger partial charge on any atom is -0.341 e. The molecular weight excluding hydrogens is 236 g/mol. The number of nitrogens with zero attached hydrogens (tertiary/aromatic N) is 1. The number of hydrogen-bond donors (Lipinski definition) is 1. The van der Waals surface area contributed by atoms with Gasteiger partial charge in [0.05, 0.1) is 0 Å². The van der Waals surface area contributed by atoms with Crippen LogP contribution in [0.3, 0.4) is 0 Å². The summed E-state index contributed by atoms with van der Waals surface area (Å²) in [7, 11) is 0. The second-order valence-corrected chi connectivity index (χ2v) is 5.90. The van der Waals surface area contributed by atoms with E-state index in [1.807, 2.05) is 4.90 Å². The van der Waals surface area contributed by atoms with E-state index in [4.69, 9.17) is 0 Å². The normalized spacial score (nSPS) is 17.2. The van der Waals surface area contributed by atoms with Crippen molar-refractivity contribution in [3.8, 4) is 0 Å². The van der Waals surface area contributed by atoms with Crippen LogP contribution in [0.15, 0.2) is 0 Å². The number of carbonyl (C=O) groups excluding carboxylic acids is 1. The Balaban J connectivity index is 0.00000256. The molecule has 17 heavy (non-hydrogen) atoms. The molecule has 102 valence electrons. The van der Waals surface area contributed by atoms with Crippen LogP contribution < -0.4 is 5.32 Å². The molecule has 0 spiro atoms. The highest BCUT2D eigenvalue weighted by atomic mass is 35.5. The van der Waals surface area contributed by atoms with Crippen LogP contribution in [-0.4, -0.2) is 37.0 Å². The van der Waals surface area contributed by atoms with Gasteiger partial charge in [-0.25, -0.2) is 0 Å². The van der Waals surface area contributed by atoms with Crippen LogP contribution in [0.5, 0.6) is 0 Å². The van der Waals surface area contributed by atoms with Crippen molar-refractivity contribution in [3.63, 3.8) is 0 Å². The topological polar surface area (TPSA) is 32.3 Å². The summed E-state index contributed by atoms with van der Waals surface area (Å²) < 4.78 is 0. The molecule has 1 saturated heterocycles. The van der Waals surface area contributed by atoms with Gasteiger partial charge in [-0.15, -0.1) is 12.4 Å². The minimum absolute atomic E-state index is 0. The molecule has 3 nitrogen and oxygen atoms in total. The van der Waals surface area contributed by atoms with E-state index in [1.54, 1.807) is 0 Å². The lowest BCUT2D eigenvalue weighted by Crippen LogP contribution is -2.34. The molecule has 1 aliphatic heterocycles. The highest BCUT2D eigenvalue weighted by Gasteiger charge is 2.16. The molecule has 1 rings (SSSR count). The van der Waals surface area contributed by atoms with E-state index in [-0.39, 0.29) is 12.4 Å². The monoisotopic (exact) mass is 262 g/mol. The van der Waals surface area contributed by atoms with Gasteiger partial charge in [0.2, 0.25) is 5.91 Å². The van der Waals surface area contributed by atoms with Crippen LogP contribution in [0.2, 0.25) is 0 Å². The van der Waals surface area contributed by atoms with Crippen molar-refractivity contribution in [2.75, 3.05) is 26.2 Å². The number of hydrogen-bond acceptors (Lipinski definition) is 2. The van der Waals surface area contributed by atoms with Crippen molar-refractivity contribution in [2.45, 2.75) is 46.5 Å². The third kappa shape index (κ3) is 7.61. The molecule has 0 bridgehead atoms. The maximum Gasteiger partial charge on any atom is 0.222 e. The standard InChI is InChI=1S/C13H26N2O.ClH/c1-13(2,3)7-4-6-12(16)15-10-5-8-14-9-11-15;/h14H,4-11H2,1-3H3;1H. The van der Waals surface area contributed by atoms with E-state index >= 15 is 0 Å². The van der Waals surface area contributed by atoms with Gasteiger partial charge in [-0.1, -0.05) is 20.8 Å². The van der Waals surface area contributed by atoms with E-state index in [0.29, 0.717) is 11.3 Å². The molecule has 1 fully saturated rings. The van der Waals surface area contributed by atoms with Gasteiger partial charge >= 0.3 is 0 Å². The summed E-state index contributed by atoms with van der Waals surface area (Å²) in [6.45, 7) is 10.5. The first-order valence-electron chi connectivity index (χ1n) is 6.47. The molecule has 1 heterocycles. The lowest BCUT2D eigenvalue weighted by atomic mass is 9.90. The van der Waals surface area contributed by atoms with E-state index in [1.165, 1.54) is 0 Å². The largest absolute Gasteiger partial charge is 0.341 e. The minimum atomic E-state index is 0. The van der Waals surface area contributed by atoms with E-state index in [0.717, 1.165) is 51.9 Å². The highest BCUT2D eigenvalue weighted by Crippen LogP contribution is 2.21. The molecule has 0 saturated carbocycles. The van der Waals surface area contributed by atoms with Gasteiger partial charge in [-0.05, 0) is 31.2 Å². The Kier molecular flexibility index (Phi) is 7.80. The summed E-state index contributed by atoms with van der Waals surface area (Å²) >= 11 is 0. The van der Waals surface area contributed by atoms with Crippen LogP contribution in [0.1, 0.15) is 46.5 Å². The molecule has 0 aliphatic carbocycles. The van der Waals surface area contributed by atoms with Crippen molar-refractivity contribution in [2.24, 2.45) is 5.41 Å². The lowest BCUT2D eigenvalue weighted by Gasteiger charge is -2.22. The van der Waals surface area contributed by atoms with Crippen molar-refractivity contribution < 1.29 is 4.79 Å². The summed E-state index contributed by atoms with van der Waals surface area (Å²) in [4.78, 5) is 14.0. The Labute approximate surface area is 112 Å². The van der Waals surface area contributed by atoms with Crippen molar-refractivity contribution in [3.05, 3.63) is 0 Å². The fourth-order valence-electron chi connectivity index (χ4n) is 2.02. The maximum absolute atomic E-state index is 11.9. The number of halogens is 1. The van der Waals surface area contributed by atoms with E-state index in [9.17, 15) is 4.79 Å². The zero-order valence-corrected chi connectivity index (χ0v) is 12.2. The first kappa shape index (κ1) is 16.7. The molecule has 1 aliphatic rings. The highest BCUT2D eigenvalue weighted by molar-refractivity contribution is 5.85. The van der Waals surface area contributed by atoms with Crippen LogP contribution in [0, 0.1) is 5.41 Å². The number of nitrogens with one attached hydrogen (secondary N) is 1. The zero-order chi connectivity index (χ0) is 12.0. The summed E-state index contributed by atoms with van der Waals surface area (Å²) in [5, 5.41) is 3.32. The molecule has 0 atom stereocenters. The van der Waals surface area contributed by atoms with Crippen LogP contribution in [0.25, 0.3) is 0 Å². The number of amides is 1. The second-order valence-electron chi connectivity index (χ2n) is 5.90. The zero-order valence-electron chi connectivity index (χ0n) is 11.4. The SMILES string of the molecule is CC(C)(C)CCCC(=O)N1CCCNCC1.Cl. The van der Waals surface area contributed by atoms with Crippen molar-refractivity contribution in [1.29, 1.82) is 0 Å². The summed E-state index contributed by atoms with van der Waals surface area (Å²) in [5.41, 5.74) is 0.348. The van der Waals surface area contributed by atoms with Gasteiger partial charge in [0.1, 0.15) is 0 Å². The van der Waals surface area contributed by atoms with Crippen LogP contribution in [0.4, 0.5) is 0 Å². The van der Waals surface area contributed by atoms with Crippen LogP contribution in [-0.2, 0) is 4.79 Å². The van der Waals surface area contributed by atoms with Gasteiger partial charge in [0, 0.05) is 26.1 Å². The summed E-state index contributed by atoms with van der Waals surface area (Å²) in [6.07, 6.45) is 3.96. The predicted molar refractivity (Wildman–Crippen MR) is 74.6 cm³/mol. The Morgan fingerprint density at radius 3 is 2.59 bits per heavy atom. The Morgan fingerprint density at radius 2 is 1.94 bits per heavy atom. The first-order valence-corrected chi connectivity index (χ1v) is 6.47. The third-order valence-corrected chi connectivity index (χ3v) is 3.01. The Hall–Kier alpha value is -0.280. The van der Waals surface area contributed by atoms with Gasteiger partial charge in [0.15, 0.2) is 0 Å². The number of rotatable bonds is 3.